The van der Waals surface area contributed by atoms with E-state index >= 15 is 0 Å². The van der Waals surface area contributed by atoms with Crippen molar-refractivity contribution in [2.75, 3.05) is 0 Å². The number of carbonyl (C=O) groups is 1. The molecular weight excluding hydrogens is 248 g/mol. The second-order valence-electron chi connectivity index (χ2n) is 5.15. The number of carboxylic acids is 1. The van der Waals surface area contributed by atoms with E-state index in [2.05, 4.69) is 6.58 Å². The van der Waals surface area contributed by atoms with Gasteiger partial charge in [-0.3, -0.25) is 4.79 Å². The van der Waals surface area contributed by atoms with Crippen LogP contribution < -0.4 is 0 Å². The first kappa shape index (κ1) is 14.1. The summed E-state index contributed by atoms with van der Waals surface area (Å²) in [5.74, 6) is -0.833. The van der Waals surface area contributed by atoms with Crippen LogP contribution in [-0.4, -0.2) is 11.1 Å². The van der Waals surface area contributed by atoms with E-state index < -0.39 is 11.4 Å². The third-order valence-electron chi connectivity index (χ3n) is 3.63. The Balaban J connectivity index is 2.32. The van der Waals surface area contributed by atoms with Gasteiger partial charge in [-0.05, 0) is 30.0 Å². The van der Waals surface area contributed by atoms with Crippen LogP contribution in [0.1, 0.15) is 24.5 Å². The molecule has 0 aromatic heterocycles. The van der Waals surface area contributed by atoms with Crippen molar-refractivity contribution >= 4 is 11.5 Å². The van der Waals surface area contributed by atoms with Crippen molar-refractivity contribution in [1.29, 1.82) is 0 Å². The molecule has 0 spiro atoms. The molecule has 1 unspecified atom stereocenters. The molecule has 0 saturated carbocycles. The molecule has 1 atom stereocenters. The van der Waals surface area contributed by atoms with Crippen LogP contribution in [0.25, 0.3) is 5.57 Å². The number of hydrogen-bond donors (Lipinski definition) is 1. The molecular formula is C18H18O2. The molecule has 0 fully saturated rings. The largest absolute Gasteiger partial charge is 0.481 e. The topological polar surface area (TPSA) is 37.3 Å². The summed E-state index contributed by atoms with van der Waals surface area (Å²) in [7, 11) is 0. The molecule has 0 heterocycles. The van der Waals surface area contributed by atoms with Gasteiger partial charge in [-0.15, -0.1) is 0 Å². The minimum atomic E-state index is -0.964. The summed E-state index contributed by atoms with van der Waals surface area (Å²) in [4.78, 5) is 11.7. The molecule has 0 aliphatic heterocycles. The van der Waals surface area contributed by atoms with E-state index in [1.807, 2.05) is 60.7 Å². The van der Waals surface area contributed by atoms with Gasteiger partial charge < -0.3 is 5.11 Å². The number of benzene rings is 2. The van der Waals surface area contributed by atoms with Crippen LogP contribution in [0, 0.1) is 0 Å². The first-order chi connectivity index (χ1) is 9.54. The minimum Gasteiger partial charge on any atom is -0.481 e. The Labute approximate surface area is 119 Å². The van der Waals surface area contributed by atoms with E-state index in [4.69, 9.17) is 0 Å². The van der Waals surface area contributed by atoms with Crippen LogP contribution in [0.15, 0.2) is 67.2 Å². The van der Waals surface area contributed by atoms with Gasteiger partial charge in [0.05, 0.1) is 5.41 Å². The summed E-state index contributed by atoms with van der Waals surface area (Å²) in [5, 5.41) is 9.64. The molecule has 1 N–H and O–H groups in total. The molecule has 102 valence electrons. The lowest BCUT2D eigenvalue weighted by Gasteiger charge is -2.26. The third-order valence-corrected chi connectivity index (χ3v) is 3.63. The van der Waals surface area contributed by atoms with Gasteiger partial charge in [0.15, 0.2) is 0 Å². The Kier molecular flexibility index (Phi) is 4.04. The molecule has 2 heteroatoms. The van der Waals surface area contributed by atoms with Crippen LogP contribution >= 0.6 is 0 Å². The van der Waals surface area contributed by atoms with Crippen LogP contribution in [0.3, 0.4) is 0 Å². The zero-order chi connectivity index (χ0) is 14.6. The molecule has 2 aromatic carbocycles. The lowest BCUT2D eigenvalue weighted by Crippen LogP contribution is -2.32. The standard InChI is InChI=1S/C18H18O2/c1-14(15-9-5-3-6-10-15)13-18(2,17(19)20)16-11-7-4-8-12-16/h3-12H,1,13H2,2H3,(H,19,20). The Morgan fingerprint density at radius 1 is 1.05 bits per heavy atom. The summed E-state index contributed by atoms with van der Waals surface area (Å²) in [6.45, 7) is 5.80. The van der Waals surface area contributed by atoms with Crippen molar-refractivity contribution in [1.82, 2.24) is 0 Å². The summed E-state index contributed by atoms with van der Waals surface area (Å²) in [5.41, 5.74) is 1.65. The Bertz CT molecular complexity index is 602. The van der Waals surface area contributed by atoms with E-state index in [1.165, 1.54) is 0 Å². The maximum Gasteiger partial charge on any atom is 0.314 e. The maximum atomic E-state index is 11.7. The maximum absolute atomic E-state index is 11.7. The first-order valence-electron chi connectivity index (χ1n) is 6.56. The summed E-state index contributed by atoms with van der Waals surface area (Å²) >= 11 is 0. The van der Waals surface area contributed by atoms with Crippen molar-refractivity contribution < 1.29 is 9.90 Å². The molecule has 0 bridgehead atoms. The molecule has 0 saturated heterocycles. The Morgan fingerprint density at radius 2 is 1.55 bits per heavy atom. The SMILES string of the molecule is C=C(CC(C)(C(=O)O)c1ccccc1)c1ccccc1. The van der Waals surface area contributed by atoms with Gasteiger partial charge in [0.1, 0.15) is 0 Å². The van der Waals surface area contributed by atoms with Gasteiger partial charge >= 0.3 is 5.97 Å². The van der Waals surface area contributed by atoms with Crippen molar-refractivity contribution in [2.24, 2.45) is 0 Å². The number of hydrogen-bond acceptors (Lipinski definition) is 1. The molecule has 0 amide bonds. The normalized spacial score (nSPS) is 13.4. The summed E-state index contributed by atoms with van der Waals surface area (Å²) in [6.07, 6.45) is 0.385. The summed E-state index contributed by atoms with van der Waals surface area (Å²) in [6, 6.07) is 19.0. The predicted molar refractivity (Wildman–Crippen MR) is 81.5 cm³/mol. The lowest BCUT2D eigenvalue weighted by molar-refractivity contribution is -0.143. The van der Waals surface area contributed by atoms with Gasteiger partial charge in [-0.25, -0.2) is 0 Å². The lowest BCUT2D eigenvalue weighted by atomic mass is 9.76. The highest BCUT2D eigenvalue weighted by Gasteiger charge is 2.35. The fraction of sp³-hybridized carbons (Fsp3) is 0.167. The second-order valence-corrected chi connectivity index (χ2v) is 5.15. The van der Waals surface area contributed by atoms with E-state index in [-0.39, 0.29) is 0 Å². The number of carboxylic acid groups (broad SMARTS) is 1. The third kappa shape index (κ3) is 2.80. The van der Waals surface area contributed by atoms with E-state index in [9.17, 15) is 9.90 Å². The quantitative estimate of drug-likeness (QED) is 0.883. The molecule has 0 aliphatic rings. The van der Waals surface area contributed by atoms with Gasteiger partial charge in [-0.1, -0.05) is 67.2 Å². The van der Waals surface area contributed by atoms with Crippen LogP contribution in [-0.2, 0) is 10.2 Å². The van der Waals surface area contributed by atoms with Crippen LogP contribution in [0.2, 0.25) is 0 Å². The predicted octanol–water partition coefficient (Wildman–Crippen LogP) is 4.13. The van der Waals surface area contributed by atoms with Crippen molar-refractivity contribution in [2.45, 2.75) is 18.8 Å². The fourth-order valence-electron chi connectivity index (χ4n) is 2.31. The van der Waals surface area contributed by atoms with E-state index in [1.54, 1.807) is 6.92 Å². The van der Waals surface area contributed by atoms with E-state index in [0.717, 1.165) is 16.7 Å². The van der Waals surface area contributed by atoms with Crippen LogP contribution in [0.4, 0.5) is 0 Å². The van der Waals surface area contributed by atoms with Gasteiger partial charge in [-0.2, -0.15) is 0 Å². The second kappa shape index (κ2) is 5.74. The highest BCUT2D eigenvalue weighted by Crippen LogP contribution is 2.34. The smallest absolute Gasteiger partial charge is 0.314 e. The molecule has 0 radical (unpaired) electrons. The Hall–Kier alpha value is -2.35. The zero-order valence-corrected chi connectivity index (χ0v) is 11.5. The summed E-state index contributed by atoms with van der Waals surface area (Å²) < 4.78 is 0. The number of rotatable bonds is 5. The van der Waals surface area contributed by atoms with Crippen molar-refractivity contribution in [3.8, 4) is 0 Å². The average molecular weight is 266 g/mol. The van der Waals surface area contributed by atoms with Gasteiger partial charge in [0.2, 0.25) is 0 Å². The zero-order valence-electron chi connectivity index (χ0n) is 11.5. The highest BCUT2D eigenvalue weighted by molar-refractivity contribution is 5.84. The number of aliphatic carboxylic acids is 1. The molecule has 2 nitrogen and oxygen atoms in total. The van der Waals surface area contributed by atoms with Crippen molar-refractivity contribution in [3.63, 3.8) is 0 Å². The highest BCUT2D eigenvalue weighted by atomic mass is 16.4. The molecule has 20 heavy (non-hydrogen) atoms. The number of allylic oxidation sites excluding steroid dienone is 1. The molecule has 2 aromatic rings. The minimum absolute atomic E-state index is 0.385. The van der Waals surface area contributed by atoms with Gasteiger partial charge in [0, 0.05) is 0 Å². The average Bonchev–Trinajstić information content (AvgIpc) is 2.48. The van der Waals surface area contributed by atoms with Crippen molar-refractivity contribution in [3.05, 3.63) is 78.4 Å². The fourth-order valence-corrected chi connectivity index (χ4v) is 2.31. The van der Waals surface area contributed by atoms with Crippen LogP contribution in [0.5, 0.6) is 0 Å². The molecule has 0 aliphatic carbocycles. The first-order valence-corrected chi connectivity index (χ1v) is 6.56. The van der Waals surface area contributed by atoms with Gasteiger partial charge in [0.25, 0.3) is 0 Å². The molecule has 2 rings (SSSR count). The van der Waals surface area contributed by atoms with E-state index in [0.29, 0.717) is 6.42 Å². The Morgan fingerprint density at radius 3 is 2.05 bits per heavy atom. The monoisotopic (exact) mass is 266 g/mol.